The minimum Gasteiger partial charge on any atom is -0.349 e. The fraction of sp³-hybridized carbons (Fsp3) is 0.333. The number of carbonyl (C=O) groups is 1. The van der Waals surface area contributed by atoms with Crippen LogP contribution in [0.2, 0.25) is 0 Å². The van der Waals surface area contributed by atoms with Crippen molar-refractivity contribution in [3.8, 4) is 0 Å². The predicted molar refractivity (Wildman–Crippen MR) is 107 cm³/mol. The molecule has 4 rings (SSSR count). The van der Waals surface area contributed by atoms with Crippen LogP contribution in [0.5, 0.6) is 0 Å². The summed E-state index contributed by atoms with van der Waals surface area (Å²) >= 11 is 0. The molecule has 1 aliphatic rings. The van der Waals surface area contributed by atoms with E-state index in [1.807, 2.05) is 24.3 Å². The molecule has 0 spiro atoms. The Morgan fingerprint density at radius 2 is 1.93 bits per heavy atom. The lowest BCUT2D eigenvalue weighted by Crippen LogP contribution is -2.38. The number of para-hydroxylation sites is 2. The fourth-order valence-electron chi connectivity index (χ4n) is 3.80. The number of nitrogens with zero attached hydrogens (tertiary/aromatic N) is 1. The van der Waals surface area contributed by atoms with Crippen molar-refractivity contribution in [2.45, 2.75) is 42.5 Å². The summed E-state index contributed by atoms with van der Waals surface area (Å²) in [5.74, 6) is 1.28. The number of amides is 1. The number of hydrogen-bond donors (Lipinski definition) is 2. The van der Waals surface area contributed by atoms with E-state index < -0.39 is 10.8 Å². The Kier molecular flexibility index (Phi) is 5.07. The zero-order chi connectivity index (χ0) is 18.8. The molecule has 0 radical (unpaired) electrons. The largest absolute Gasteiger partial charge is 0.349 e. The third kappa shape index (κ3) is 3.95. The van der Waals surface area contributed by atoms with Gasteiger partial charge in [0.1, 0.15) is 5.82 Å². The van der Waals surface area contributed by atoms with Gasteiger partial charge in [-0.05, 0) is 55.7 Å². The highest BCUT2D eigenvalue weighted by Crippen LogP contribution is 2.32. The Labute approximate surface area is 161 Å². The Bertz CT molecular complexity index is 948. The minimum absolute atomic E-state index is 0.0707. The molecule has 140 valence electrons. The summed E-state index contributed by atoms with van der Waals surface area (Å²) in [4.78, 5) is 21.5. The van der Waals surface area contributed by atoms with Crippen LogP contribution in [0.1, 0.15) is 47.8 Å². The summed E-state index contributed by atoms with van der Waals surface area (Å²) in [5.41, 5.74) is 2.66. The lowest BCUT2D eigenvalue weighted by molar-refractivity contribution is 0.0924. The normalized spacial score (nSPS) is 21.1. The van der Waals surface area contributed by atoms with Gasteiger partial charge in [0.05, 0.1) is 11.0 Å². The maximum absolute atomic E-state index is 12.6. The zero-order valence-corrected chi connectivity index (χ0v) is 16.1. The number of rotatable bonds is 4. The average molecular weight is 382 g/mol. The second-order valence-corrected chi connectivity index (χ2v) is 8.53. The molecule has 1 aromatic heterocycles. The monoisotopic (exact) mass is 381 g/mol. The first-order valence-electron chi connectivity index (χ1n) is 9.29. The number of hydrogen-bond acceptors (Lipinski definition) is 3. The van der Waals surface area contributed by atoms with Gasteiger partial charge in [0.2, 0.25) is 0 Å². The third-order valence-electron chi connectivity index (χ3n) is 5.25. The van der Waals surface area contributed by atoms with Crippen molar-refractivity contribution >= 4 is 27.7 Å². The summed E-state index contributed by atoms with van der Waals surface area (Å²) in [6.07, 6.45) is 5.67. The number of aromatic amines is 1. The molecule has 27 heavy (non-hydrogen) atoms. The molecule has 0 bridgehead atoms. The predicted octanol–water partition coefficient (Wildman–Crippen LogP) is 3.76. The van der Waals surface area contributed by atoms with E-state index in [9.17, 15) is 9.00 Å². The molecule has 2 N–H and O–H groups in total. The molecule has 3 atom stereocenters. The molecule has 1 saturated carbocycles. The molecule has 1 heterocycles. The summed E-state index contributed by atoms with van der Waals surface area (Å²) < 4.78 is 11.5. The van der Waals surface area contributed by atoms with E-state index in [0.29, 0.717) is 11.5 Å². The number of fused-ring (bicyclic) bond motifs is 1. The smallest absolute Gasteiger partial charge is 0.251 e. The maximum Gasteiger partial charge on any atom is 0.251 e. The summed E-state index contributed by atoms with van der Waals surface area (Å²) in [5, 5.41) is 3.16. The second-order valence-electron chi connectivity index (χ2n) is 7.15. The molecule has 0 saturated heterocycles. The van der Waals surface area contributed by atoms with Crippen molar-refractivity contribution in [3.05, 3.63) is 59.9 Å². The van der Waals surface area contributed by atoms with E-state index in [1.54, 1.807) is 30.5 Å². The van der Waals surface area contributed by atoms with Gasteiger partial charge in [-0.3, -0.25) is 9.00 Å². The van der Waals surface area contributed by atoms with E-state index in [0.717, 1.165) is 47.4 Å². The van der Waals surface area contributed by atoms with E-state index in [2.05, 4.69) is 10.3 Å². The van der Waals surface area contributed by atoms with Crippen LogP contribution in [0.3, 0.4) is 0 Å². The maximum atomic E-state index is 12.6. The highest BCUT2D eigenvalue weighted by atomic mass is 32.2. The number of carbonyl (C=O) groups excluding carboxylic acids is 1. The van der Waals surface area contributed by atoms with Gasteiger partial charge in [-0.2, -0.15) is 0 Å². The summed E-state index contributed by atoms with van der Waals surface area (Å²) in [7, 11) is -1.03. The number of nitrogens with one attached hydrogen (secondary N) is 2. The summed E-state index contributed by atoms with van der Waals surface area (Å²) in [6.45, 7) is 0. The molecule has 1 amide bonds. The van der Waals surface area contributed by atoms with Gasteiger partial charge in [0.15, 0.2) is 0 Å². The number of aromatic nitrogens is 2. The van der Waals surface area contributed by atoms with Crippen molar-refractivity contribution in [2.75, 3.05) is 6.26 Å². The number of H-pyrrole nitrogens is 1. The standard InChI is InChI=1S/C21H23N3O2S/c1-27(26)17-11-9-14(10-12-17)21(25)22-16-6-4-5-15(13-16)20-23-18-7-2-3-8-19(18)24-20/h2-3,7-12,15-16H,4-6,13H2,1H3,(H,22,25)(H,23,24). The first-order chi connectivity index (χ1) is 13.1. The molecule has 5 nitrogen and oxygen atoms in total. The lowest BCUT2D eigenvalue weighted by atomic mass is 9.85. The van der Waals surface area contributed by atoms with Crippen LogP contribution in [-0.4, -0.2) is 32.4 Å². The molecule has 1 aliphatic carbocycles. The van der Waals surface area contributed by atoms with Gasteiger partial charge in [-0.25, -0.2) is 4.98 Å². The van der Waals surface area contributed by atoms with E-state index in [1.165, 1.54) is 0 Å². The molecular weight excluding hydrogens is 358 g/mol. The highest BCUT2D eigenvalue weighted by molar-refractivity contribution is 7.84. The summed E-state index contributed by atoms with van der Waals surface area (Å²) in [6, 6.07) is 15.2. The lowest BCUT2D eigenvalue weighted by Gasteiger charge is -2.28. The highest BCUT2D eigenvalue weighted by Gasteiger charge is 2.26. The molecule has 0 aliphatic heterocycles. The van der Waals surface area contributed by atoms with Crippen LogP contribution in [-0.2, 0) is 10.8 Å². The van der Waals surface area contributed by atoms with Crippen molar-refractivity contribution in [1.82, 2.24) is 15.3 Å². The first kappa shape index (κ1) is 17.9. The number of benzene rings is 2. The molecule has 2 aromatic carbocycles. The van der Waals surface area contributed by atoms with E-state index in [4.69, 9.17) is 4.98 Å². The average Bonchev–Trinajstić information content (AvgIpc) is 3.12. The molecule has 3 unspecified atom stereocenters. The molecule has 6 heteroatoms. The van der Waals surface area contributed by atoms with Crippen molar-refractivity contribution in [1.29, 1.82) is 0 Å². The second kappa shape index (κ2) is 7.64. The Morgan fingerprint density at radius 1 is 1.15 bits per heavy atom. The minimum atomic E-state index is -1.03. The van der Waals surface area contributed by atoms with Gasteiger partial charge in [-0.1, -0.05) is 18.6 Å². The van der Waals surface area contributed by atoms with Crippen molar-refractivity contribution in [3.63, 3.8) is 0 Å². The third-order valence-corrected chi connectivity index (χ3v) is 6.19. The SMILES string of the molecule is CS(=O)c1ccc(C(=O)NC2CCCC(c3nc4ccccc4[nH]3)C2)cc1. The van der Waals surface area contributed by atoms with Gasteiger partial charge in [-0.15, -0.1) is 0 Å². The first-order valence-corrected chi connectivity index (χ1v) is 10.8. The topological polar surface area (TPSA) is 74.8 Å². The van der Waals surface area contributed by atoms with Crippen LogP contribution in [0.25, 0.3) is 11.0 Å². The van der Waals surface area contributed by atoms with Crippen LogP contribution in [0.15, 0.2) is 53.4 Å². The van der Waals surface area contributed by atoms with Gasteiger partial charge < -0.3 is 10.3 Å². The fourth-order valence-corrected chi connectivity index (χ4v) is 4.32. The van der Waals surface area contributed by atoms with Crippen molar-refractivity contribution in [2.24, 2.45) is 0 Å². The van der Waals surface area contributed by atoms with Gasteiger partial charge in [0.25, 0.3) is 5.91 Å². The number of imidazole rings is 1. The van der Waals surface area contributed by atoms with Crippen LogP contribution < -0.4 is 5.32 Å². The van der Waals surface area contributed by atoms with E-state index >= 15 is 0 Å². The Hall–Kier alpha value is -2.47. The van der Waals surface area contributed by atoms with Gasteiger partial charge in [0, 0.05) is 39.5 Å². The van der Waals surface area contributed by atoms with Gasteiger partial charge >= 0.3 is 0 Å². The van der Waals surface area contributed by atoms with Crippen LogP contribution >= 0.6 is 0 Å². The van der Waals surface area contributed by atoms with Crippen LogP contribution in [0, 0.1) is 0 Å². The van der Waals surface area contributed by atoms with Crippen molar-refractivity contribution < 1.29 is 9.00 Å². The molecular formula is C21H23N3O2S. The molecule has 3 aromatic rings. The Balaban J connectivity index is 1.43. The quantitative estimate of drug-likeness (QED) is 0.723. The van der Waals surface area contributed by atoms with E-state index in [-0.39, 0.29) is 11.9 Å². The zero-order valence-electron chi connectivity index (χ0n) is 15.3. The Morgan fingerprint density at radius 3 is 2.67 bits per heavy atom. The van der Waals surface area contributed by atoms with Crippen LogP contribution in [0.4, 0.5) is 0 Å². The molecule has 1 fully saturated rings.